The van der Waals surface area contributed by atoms with E-state index in [-0.39, 0.29) is 6.04 Å². The molecular formula is C27H36N5S+. The number of benzene rings is 2. The SMILES string of the molecule is CCC[NH+]1CC(=Cc2ccc(N(C)C)cc2)C2=C(C1)[C@H](c1ccc(N(C)C)cc1)NC(=S)N2. The van der Waals surface area contributed by atoms with Crippen LogP contribution in [0.15, 0.2) is 65.4 Å². The summed E-state index contributed by atoms with van der Waals surface area (Å²) in [7, 11) is 8.29. The van der Waals surface area contributed by atoms with Crippen LogP contribution in [0.4, 0.5) is 11.4 Å². The van der Waals surface area contributed by atoms with E-state index in [2.05, 4.69) is 110 Å². The highest BCUT2D eigenvalue weighted by atomic mass is 32.1. The van der Waals surface area contributed by atoms with Crippen molar-refractivity contribution in [3.8, 4) is 0 Å². The lowest BCUT2D eigenvalue weighted by Crippen LogP contribution is -3.13. The first-order chi connectivity index (χ1) is 15.9. The summed E-state index contributed by atoms with van der Waals surface area (Å²) < 4.78 is 0. The van der Waals surface area contributed by atoms with Crippen LogP contribution >= 0.6 is 12.2 Å². The van der Waals surface area contributed by atoms with E-state index in [1.165, 1.54) is 45.8 Å². The van der Waals surface area contributed by atoms with Crippen molar-refractivity contribution in [3.63, 3.8) is 0 Å². The molecule has 2 heterocycles. The average Bonchev–Trinajstić information content (AvgIpc) is 2.80. The minimum atomic E-state index is 0.0941. The van der Waals surface area contributed by atoms with E-state index in [1.54, 1.807) is 4.90 Å². The zero-order valence-electron chi connectivity index (χ0n) is 20.4. The summed E-state index contributed by atoms with van der Waals surface area (Å²) in [5, 5.41) is 7.76. The molecule has 2 atom stereocenters. The molecule has 0 aliphatic carbocycles. The maximum Gasteiger partial charge on any atom is 0.171 e. The number of hydrogen-bond donors (Lipinski definition) is 3. The Labute approximate surface area is 203 Å². The summed E-state index contributed by atoms with van der Waals surface area (Å²) >= 11 is 5.66. The maximum atomic E-state index is 5.66. The molecule has 4 rings (SSSR count). The third-order valence-electron chi connectivity index (χ3n) is 6.48. The fourth-order valence-corrected chi connectivity index (χ4v) is 4.95. The molecule has 0 saturated carbocycles. The van der Waals surface area contributed by atoms with Crippen LogP contribution in [0, 0.1) is 0 Å². The first-order valence-electron chi connectivity index (χ1n) is 11.8. The zero-order valence-corrected chi connectivity index (χ0v) is 21.2. The second-order valence-electron chi connectivity index (χ2n) is 9.43. The van der Waals surface area contributed by atoms with Gasteiger partial charge in [-0.25, -0.2) is 0 Å². The minimum Gasteiger partial charge on any atom is -0.378 e. The Kier molecular flexibility index (Phi) is 7.05. The highest BCUT2D eigenvalue weighted by molar-refractivity contribution is 7.80. The number of rotatable bonds is 6. The van der Waals surface area contributed by atoms with Crippen molar-refractivity contribution in [2.45, 2.75) is 19.4 Å². The molecule has 174 valence electrons. The Balaban J connectivity index is 1.74. The molecule has 2 aromatic carbocycles. The Hall–Kier alpha value is -2.83. The van der Waals surface area contributed by atoms with Gasteiger partial charge >= 0.3 is 0 Å². The van der Waals surface area contributed by atoms with Gasteiger partial charge in [-0.15, -0.1) is 0 Å². The lowest BCUT2D eigenvalue weighted by molar-refractivity contribution is -0.892. The Morgan fingerprint density at radius 2 is 1.55 bits per heavy atom. The number of quaternary nitrogens is 1. The Bertz CT molecular complexity index is 1050. The number of nitrogens with zero attached hydrogens (tertiary/aromatic N) is 2. The van der Waals surface area contributed by atoms with E-state index in [9.17, 15) is 0 Å². The van der Waals surface area contributed by atoms with E-state index in [0.717, 1.165) is 19.6 Å². The maximum absolute atomic E-state index is 5.66. The summed E-state index contributed by atoms with van der Waals surface area (Å²) in [5.41, 5.74) is 8.82. The van der Waals surface area contributed by atoms with Crippen LogP contribution in [0.3, 0.4) is 0 Å². The van der Waals surface area contributed by atoms with E-state index in [1.807, 2.05) is 0 Å². The summed E-state index contributed by atoms with van der Waals surface area (Å²) in [4.78, 5) is 5.86. The van der Waals surface area contributed by atoms with Gasteiger partial charge in [-0.05, 0) is 60.1 Å². The van der Waals surface area contributed by atoms with E-state index < -0.39 is 0 Å². The fraction of sp³-hybridized carbons (Fsp3) is 0.370. The monoisotopic (exact) mass is 462 g/mol. The molecule has 0 bridgehead atoms. The molecule has 0 saturated heterocycles. The second kappa shape index (κ2) is 9.98. The summed E-state index contributed by atoms with van der Waals surface area (Å²) in [6.45, 7) is 5.45. The highest BCUT2D eigenvalue weighted by Gasteiger charge is 2.35. The molecule has 0 aromatic heterocycles. The van der Waals surface area contributed by atoms with Crippen LogP contribution in [-0.4, -0.2) is 52.9 Å². The number of thiocarbonyl (C=S) groups is 1. The molecule has 33 heavy (non-hydrogen) atoms. The zero-order chi connectivity index (χ0) is 23.5. The Morgan fingerprint density at radius 3 is 2.12 bits per heavy atom. The van der Waals surface area contributed by atoms with Crippen LogP contribution in [-0.2, 0) is 0 Å². The van der Waals surface area contributed by atoms with Gasteiger partial charge in [-0.1, -0.05) is 31.2 Å². The number of hydrogen-bond acceptors (Lipinski definition) is 3. The molecule has 5 nitrogen and oxygen atoms in total. The molecular weight excluding hydrogens is 426 g/mol. The molecule has 3 N–H and O–H groups in total. The minimum absolute atomic E-state index is 0.0941. The van der Waals surface area contributed by atoms with Crippen LogP contribution in [0.1, 0.15) is 30.5 Å². The normalized spacial score (nSPS) is 21.4. The third kappa shape index (κ3) is 5.23. The predicted octanol–water partition coefficient (Wildman–Crippen LogP) is 2.98. The van der Waals surface area contributed by atoms with Gasteiger partial charge in [0.15, 0.2) is 5.11 Å². The highest BCUT2D eigenvalue weighted by Crippen LogP contribution is 2.31. The molecule has 0 fully saturated rings. The smallest absolute Gasteiger partial charge is 0.171 e. The van der Waals surface area contributed by atoms with E-state index in [4.69, 9.17) is 12.2 Å². The molecule has 2 aliphatic rings. The quantitative estimate of drug-likeness (QED) is 0.576. The lowest BCUT2D eigenvalue weighted by atomic mass is 9.88. The van der Waals surface area contributed by atoms with Gasteiger partial charge in [-0.3, -0.25) is 0 Å². The summed E-state index contributed by atoms with van der Waals surface area (Å²) in [6, 6.07) is 17.7. The Morgan fingerprint density at radius 1 is 0.939 bits per heavy atom. The van der Waals surface area contributed by atoms with Crippen molar-refractivity contribution in [1.82, 2.24) is 10.6 Å². The largest absolute Gasteiger partial charge is 0.378 e. The molecule has 2 aliphatic heterocycles. The third-order valence-corrected chi connectivity index (χ3v) is 6.70. The molecule has 0 spiro atoms. The van der Waals surface area contributed by atoms with Gasteiger partial charge in [0.05, 0.1) is 18.3 Å². The predicted molar refractivity (Wildman–Crippen MR) is 144 cm³/mol. The van der Waals surface area contributed by atoms with Gasteiger partial charge in [0, 0.05) is 50.7 Å². The van der Waals surface area contributed by atoms with Crippen LogP contribution in [0.25, 0.3) is 6.08 Å². The molecule has 2 aromatic rings. The second-order valence-corrected chi connectivity index (χ2v) is 9.84. The van der Waals surface area contributed by atoms with Gasteiger partial charge < -0.3 is 25.3 Å². The number of anilines is 2. The summed E-state index contributed by atoms with van der Waals surface area (Å²) in [6.07, 6.45) is 3.50. The standard InChI is InChI=1S/C27H35N5S/c1-6-15-32-17-21(16-19-7-11-22(12-8-19)30(2)3)26-24(18-32)25(28-27(33)29-26)20-9-13-23(14-10-20)31(4)5/h7-14,16,25H,6,15,17-18H2,1-5H3,(H2,28,29,33)/p+1/t25-/m0/s1. The fourth-order valence-electron chi connectivity index (χ4n) is 4.73. The lowest BCUT2D eigenvalue weighted by Gasteiger charge is -2.38. The van der Waals surface area contributed by atoms with Crippen molar-refractivity contribution in [2.24, 2.45) is 0 Å². The number of nitrogens with one attached hydrogen (secondary N) is 3. The van der Waals surface area contributed by atoms with Crippen LogP contribution in [0.5, 0.6) is 0 Å². The van der Waals surface area contributed by atoms with Crippen molar-refractivity contribution >= 4 is 34.8 Å². The molecule has 1 unspecified atom stereocenters. The molecule has 0 radical (unpaired) electrons. The first-order valence-corrected chi connectivity index (χ1v) is 12.2. The molecule has 0 amide bonds. The van der Waals surface area contributed by atoms with Gasteiger partial charge in [0.25, 0.3) is 0 Å². The topological polar surface area (TPSA) is 35.0 Å². The summed E-state index contributed by atoms with van der Waals surface area (Å²) in [5.74, 6) is 0. The van der Waals surface area contributed by atoms with E-state index >= 15 is 0 Å². The van der Waals surface area contributed by atoms with Crippen molar-refractivity contribution in [2.75, 3.05) is 57.6 Å². The van der Waals surface area contributed by atoms with Gasteiger partial charge in [0.1, 0.15) is 13.1 Å². The van der Waals surface area contributed by atoms with Crippen molar-refractivity contribution in [3.05, 3.63) is 76.5 Å². The molecule has 6 heteroatoms. The average molecular weight is 463 g/mol. The van der Waals surface area contributed by atoms with Crippen molar-refractivity contribution in [1.29, 1.82) is 0 Å². The van der Waals surface area contributed by atoms with Crippen LogP contribution < -0.4 is 25.3 Å². The first kappa shape index (κ1) is 23.3. The van der Waals surface area contributed by atoms with E-state index in [0.29, 0.717) is 5.11 Å². The van der Waals surface area contributed by atoms with Crippen LogP contribution in [0.2, 0.25) is 0 Å². The van der Waals surface area contributed by atoms with Crippen molar-refractivity contribution < 1.29 is 4.90 Å². The van der Waals surface area contributed by atoms with Gasteiger partial charge in [0.2, 0.25) is 0 Å². The van der Waals surface area contributed by atoms with Gasteiger partial charge in [-0.2, -0.15) is 0 Å².